The molecule has 0 bridgehead atoms. The van der Waals surface area contributed by atoms with Crippen LogP contribution in [0.25, 0.3) is 27.9 Å². The van der Waals surface area contributed by atoms with Crippen molar-refractivity contribution >= 4 is 39.6 Å². The second-order valence-electron chi connectivity index (χ2n) is 6.92. The Hall–Kier alpha value is -3.18. The number of methoxy groups -OCH3 is 2. The Kier molecular flexibility index (Phi) is 4.32. The molecule has 29 heavy (non-hydrogen) atoms. The van der Waals surface area contributed by atoms with Gasteiger partial charge in [0.1, 0.15) is 11.5 Å². The fraction of sp³-hybridized carbons (Fsp3) is 0.125. The van der Waals surface area contributed by atoms with Crippen LogP contribution in [0.4, 0.5) is 0 Å². The van der Waals surface area contributed by atoms with E-state index in [9.17, 15) is 4.79 Å². The number of ether oxygens (including phenoxy) is 2. The minimum absolute atomic E-state index is 0.0529. The number of hydrogen-bond acceptors (Lipinski definition) is 4. The van der Waals surface area contributed by atoms with Crippen LogP contribution >= 0.6 is 11.8 Å². The molecule has 0 fully saturated rings. The Morgan fingerprint density at radius 3 is 2.66 bits per heavy atom. The minimum atomic E-state index is -0.160. The SMILES string of the molecule is COc1ccc(C2SC=Cc3ccc4[nH]c5ccccc5c4c(=O)c32)c(OC)c1. The van der Waals surface area contributed by atoms with E-state index in [4.69, 9.17) is 9.47 Å². The van der Waals surface area contributed by atoms with Crippen LogP contribution in [0.1, 0.15) is 21.9 Å². The van der Waals surface area contributed by atoms with E-state index in [1.54, 1.807) is 26.0 Å². The first kappa shape index (κ1) is 17.9. The van der Waals surface area contributed by atoms with Crippen molar-refractivity contribution in [2.75, 3.05) is 14.2 Å². The molecule has 1 aliphatic heterocycles. The lowest BCUT2D eigenvalue weighted by molar-refractivity contribution is 0.391. The van der Waals surface area contributed by atoms with Crippen molar-refractivity contribution in [2.45, 2.75) is 5.25 Å². The van der Waals surface area contributed by atoms with E-state index >= 15 is 0 Å². The smallest absolute Gasteiger partial charge is 0.193 e. The number of hydrogen-bond donors (Lipinski definition) is 1. The summed E-state index contributed by atoms with van der Waals surface area (Å²) in [6.45, 7) is 0. The normalized spacial score (nSPS) is 15.4. The Morgan fingerprint density at radius 2 is 1.83 bits per heavy atom. The van der Waals surface area contributed by atoms with Gasteiger partial charge in [0.2, 0.25) is 0 Å². The molecular formula is C24H19NO3S. The number of rotatable bonds is 3. The highest BCUT2D eigenvalue weighted by Gasteiger charge is 2.26. The first-order chi connectivity index (χ1) is 14.2. The molecule has 144 valence electrons. The molecule has 1 atom stereocenters. The number of benzene rings is 2. The number of H-pyrrole nitrogens is 1. The van der Waals surface area contributed by atoms with Gasteiger partial charge in [-0.05, 0) is 35.2 Å². The zero-order valence-electron chi connectivity index (χ0n) is 16.1. The van der Waals surface area contributed by atoms with Crippen LogP contribution in [0.15, 0.2) is 64.8 Å². The summed E-state index contributed by atoms with van der Waals surface area (Å²) in [5.41, 5.74) is 4.55. The number of fused-ring (bicyclic) bond motifs is 4. The molecule has 0 spiro atoms. The summed E-state index contributed by atoms with van der Waals surface area (Å²) < 4.78 is 11.0. The highest BCUT2D eigenvalue weighted by Crippen LogP contribution is 2.45. The maximum absolute atomic E-state index is 13.8. The third kappa shape index (κ3) is 2.81. The van der Waals surface area contributed by atoms with Crippen molar-refractivity contribution in [1.82, 2.24) is 4.98 Å². The third-order valence-electron chi connectivity index (χ3n) is 5.39. The van der Waals surface area contributed by atoms with Crippen LogP contribution in [0, 0.1) is 0 Å². The van der Waals surface area contributed by atoms with Crippen molar-refractivity contribution in [3.05, 3.63) is 86.9 Å². The van der Waals surface area contributed by atoms with E-state index < -0.39 is 0 Å². The number of nitrogens with one attached hydrogen (secondary N) is 1. The third-order valence-corrected chi connectivity index (χ3v) is 6.45. The number of thioether (sulfide) groups is 1. The molecule has 4 nitrogen and oxygen atoms in total. The number of para-hydroxylation sites is 1. The first-order valence-electron chi connectivity index (χ1n) is 9.33. The molecule has 3 aromatic carbocycles. The molecule has 5 rings (SSSR count). The number of aromatic nitrogens is 1. The molecule has 0 saturated heterocycles. The monoisotopic (exact) mass is 401 g/mol. The van der Waals surface area contributed by atoms with Crippen molar-refractivity contribution in [3.8, 4) is 11.5 Å². The molecule has 1 aromatic heterocycles. The van der Waals surface area contributed by atoms with E-state index in [0.717, 1.165) is 44.2 Å². The molecule has 0 aliphatic carbocycles. The van der Waals surface area contributed by atoms with Gasteiger partial charge in [0.05, 0.1) is 30.4 Å². The lowest BCUT2D eigenvalue weighted by atomic mass is 9.98. The molecule has 5 heteroatoms. The quantitative estimate of drug-likeness (QED) is 0.492. The zero-order valence-corrected chi connectivity index (χ0v) is 16.9. The summed E-state index contributed by atoms with van der Waals surface area (Å²) in [5, 5.41) is 3.57. The molecule has 0 saturated carbocycles. The van der Waals surface area contributed by atoms with Crippen LogP contribution in [0.3, 0.4) is 0 Å². The standard InChI is InChI=1S/C24H19NO3S/c1-27-15-8-9-17(20(13-15)28-2)24-21-14(11-12-29-24)7-10-19-22(23(21)26)16-5-3-4-6-18(16)25-19/h3-13,24-25H,1-2H3. The van der Waals surface area contributed by atoms with Gasteiger partial charge in [-0.3, -0.25) is 4.79 Å². The zero-order chi connectivity index (χ0) is 20.0. The van der Waals surface area contributed by atoms with Crippen LogP contribution in [0.2, 0.25) is 0 Å². The lowest BCUT2D eigenvalue weighted by Gasteiger charge is -2.22. The van der Waals surface area contributed by atoms with Crippen molar-refractivity contribution < 1.29 is 9.47 Å². The number of aromatic amines is 1. The van der Waals surface area contributed by atoms with E-state index in [1.807, 2.05) is 66.1 Å². The Bertz CT molecular complexity index is 1340. The van der Waals surface area contributed by atoms with Gasteiger partial charge < -0.3 is 14.5 Å². The fourth-order valence-electron chi connectivity index (χ4n) is 4.00. The molecule has 2 heterocycles. The van der Waals surface area contributed by atoms with Gasteiger partial charge in [-0.25, -0.2) is 0 Å². The van der Waals surface area contributed by atoms with Gasteiger partial charge in [0.15, 0.2) is 5.43 Å². The maximum Gasteiger partial charge on any atom is 0.193 e. The van der Waals surface area contributed by atoms with E-state index in [2.05, 4.69) is 4.98 Å². The minimum Gasteiger partial charge on any atom is -0.497 e. The Labute approximate surface area is 172 Å². The van der Waals surface area contributed by atoms with Crippen LogP contribution < -0.4 is 14.9 Å². The molecular weight excluding hydrogens is 382 g/mol. The van der Waals surface area contributed by atoms with E-state index in [-0.39, 0.29) is 10.7 Å². The molecule has 4 aromatic rings. The first-order valence-corrected chi connectivity index (χ1v) is 10.3. The molecule has 1 N–H and O–H groups in total. The summed E-state index contributed by atoms with van der Waals surface area (Å²) in [6.07, 6.45) is 2.01. The van der Waals surface area contributed by atoms with Gasteiger partial charge in [-0.2, -0.15) is 0 Å². The summed E-state index contributed by atoms with van der Waals surface area (Å²) in [6, 6.07) is 17.7. The summed E-state index contributed by atoms with van der Waals surface area (Å²) in [4.78, 5) is 17.2. The average molecular weight is 401 g/mol. The van der Waals surface area contributed by atoms with Crippen LogP contribution in [0.5, 0.6) is 11.5 Å². The van der Waals surface area contributed by atoms with Crippen molar-refractivity contribution in [1.29, 1.82) is 0 Å². The molecule has 1 unspecified atom stereocenters. The topological polar surface area (TPSA) is 51.3 Å². The second-order valence-corrected chi connectivity index (χ2v) is 7.93. The van der Waals surface area contributed by atoms with Crippen LogP contribution in [-0.4, -0.2) is 19.2 Å². The fourth-order valence-corrected chi connectivity index (χ4v) is 5.10. The molecule has 1 aliphatic rings. The Balaban J connectivity index is 1.83. The van der Waals surface area contributed by atoms with E-state index in [0.29, 0.717) is 5.75 Å². The summed E-state index contributed by atoms with van der Waals surface area (Å²) in [5.74, 6) is 1.44. The Morgan fingerprint density at radius 1 is 0.966 bits per heavy atom. The lowest BCUT2D eigenvalue weighted by Crippen LogP contribution is -2.14. The van der Waals surface area contributed by atoms with Gasteiger partial charge in [0.25, 0.3) is 0 Å². The summed E-state index contributed by atoms with van der Waals surface area (Å²) >= 11 is 1.62. The van der Waals surface area contributed by atoms with Crippen molar-refractivity contribution in [3.63, 3.8) is 0 Å². The van der Waals surface area contributed by atoms with Gasteiger partial charge in [0, 0.05) is 28.1 Å². The van der Waals surface area contributed by atoms with Gasteiger partial charge in [-0.1, -0.05) is 30.3 Å². The molecule has 0 amide bonds. The molecule has 0 radical (unpaired) electrons. The highest BCUT2D eigenvalue weighted by molar-refractivity contribution is 8.02. The second kappa shape index (κ2) is 7.01. The van der Waals surface area contributed by atoms with Crippen molar-refractivity contribution in [2.24, 2.45) is 0 Å². The predicted molar refractivity (Wildman–Crippen MR) is 120 cm³/mol. The van der Waals surface area contributed by atoms with Gasteiger partial charge in [-0.15, -0.1) is 11.8 Å². The maximum atomic E-state index is 13.8. The van der Waals surface area contributed by atoms with Gasteiger partial charge >= 0.3 is 0 Å². The van der Waals surface area contributed by atoms with E-state index in [1.165, 1.54) is 0 Å². The largest absolute Gasteiger partial charge is 0.497 e. The predicted octanol–water partition coefficient (Wildman–Crippen LogP) is 5.51. The average Bonchev–Trinajstić information content (AvgIpc) is 3.08. The van der Waals surface area contributed by atoms with Crippen LogP contribution in [-0.2, 0) is 0 Å². The summed E-state index contributed by atoms with van der Waals surface area (Å²) in [7, 11) is 3.27. The highest BCUT2D eigenvalue weighted by atomic mass is 32.2.